The Labute approximate surface area is 140 Å². The zero-order chi connectivity index (χ0) is 17.1. The maximum absolute atomic E-state index is 11.5. The maximum Gasteiger partial charge on any atom is 0.373 e. The van der Waals surface area contributed by atoms with Crippen molar-refractivity contribution in [3.05, 3.63) is 35.3 Å². The first-order valence-corrected chi connectivity index (χ1v) is 8.09. The lowest BCUT2D eigenvalue weighted by atomic mass is 10.2. The molecule has 1 atom stereocenters. The summed E-state index contributed by atoms with van der Waals surface area (Å²) in [6.07, 6.45) is 0. The number of aromatic amines is 1. The van der Waals surface area contributed by atoms with Crippen molar-refractivity contribution in [2.24, 2.45) is 0 Å². The number of rotatable bonds is 5. The first-order chi connectivity index (χ1) is 11.6. The van der Waals surface area contributed by atoms with E-state index in [1.54, 1.807) is 6.07 Å². The van der Waals surface area contributed by atoms with E-state index in [9.17, 15) is 4.79 Å². The van der Waals surface area contributed by atoms with Crippen molar-refractivity contribution in [2.45, 2.75) is 26.4 Å². The average molecular weight is 333 g/mol. The summed E-state index contributed by atoms with van der Waals surface area (Å²) < 4.78 is 10.3. The molecule has 1 aliphatic heterocycles. The summed E-state index contributed by atoms with van der Waals surface area (Å²) in [6.45, 7) is 8.51. The number of methoxy groups -OCH3 is 1. The van der Waals surface area contributed by atoms with Crippen LogP contribution in [0.15, 0.2) is 16.5 Å². The molecule has 1 N–H and O–H groups in total. The summed E-state index contributed by atoms with van der Waals surface area (Å²) >= 11 is 0. The van der Waals surface area contributed by atoms with E-state index < -0.39 is 5.97 Å². The minimum absolute atomic E-state index is 0.122. The van der Waals surface area contributed by atoms with E-state index in [1.165, 1.54) is 7.11 Å². The SMILES string of the molecule is COC(=O)c1ccc([C@@H](C)N2CCN(Cc3n[nH]c(C)n3)CC2)o1. The molecule has 2 aromatic rings. The maximum atomic E-state index is 11.5. The Morgan fingerprint density at radius 1 is 1.38 bits per heavy atom. The topological polar surface area (TPSA) is 87.5 Å². The van der Waals surface area contributed by atoms with Crippen molar-refractivity contribution in [2.75, 3.05) is 33.3 Å². The second-order valence-corrected chi connectivity index (χ2v) is 6.02. The minimum Gasteiger partial charge on any atom is -0.463 e. The van der Waals surface area contributed by atoms with Gasteiger partial charge in [-0.25, -0.2) is 9.78 Å². The Balaban J connectivity index is 1.54. The summed E-state index contributed by atoms with van der Waals surface area (Å²) in [5, 5.41) is 7.06. The van der Waals surface area contributed by atoms with Crippen LogP contribution < -0.4 is 0 Å². The highest BCUT2D eigenvalue weighted by Gasteiger charge is 2.25. The van der Waals surface area contributed by atoms with Crippen LogP contribution in [0.2, 0.25) is 0 Å². The Morgan fingerprint density at radius 2 is 2.12 bits per heavy atom. The van der Waals surface area contributed by atoms with Gasteiger partial charge in [0.2, 0.25) is 5.76 Å². The second kappa shape index (κ2) is 7.14. The largest absolute Gasteiger partial charge is 0.463 e. The van der Waals surface area contributed by atoms with Crippen LogP contribution in [0.3, 0.4) is 0 Å². The van der Waals surface area contributed by atoms with Crippen LogP contribution in [0, 0.1) is 6.92 Å². The van der Waals surface area contributed by atoms with Crippen LogP contribution in [0.5, 0.6) is 0 Å². The van der Waals surface area contributed by atoms with Crippen LogP contribution in [-0.2, 0) is 11.3 Å². The molecule has 0 aromatic carbocycles. The van der Waals surface area contributed by atoms with Gasteiger partial charge >= 0.3 is 5.97 Å². The van der Waals surface area contributed by atoms with E-state index in [4.69, 9.17) is 4.42 Å². The molecule has 130 valence electrons. The van der Waals surface area contributed by atoms with Gasteiger partial charge < -0.3 is 9.15 Å². The molecular weight excluding hydrogens is 310 g/mol. The Bertz CT molecular complexity index is 687. The molecule has 1 aliphatic rings. The molecule has 0 spiro atoms. The smallest absolute Gasteiger partial charge is 0.373 e. The molecule has 1 fully saturated rings. The van der Waals surface area contributed by atoms with Gasteiger partial charge in [0.25, 0.3) is 0 Å². The highest BCUT2D eigenvalue weighted by molar-refractivity contribution is 5.86. The Hall–Kier alpha value is -2.19. The molecule has 24 heavy (non-hydrogen) atoms. The van der Waals surface area contributed by atoms with Crippen LogP contribution >= 0.6 is 0 Å². The zero-order valence-electron chi connectivity index (χ0n) is 14.3. The molecule has 0 aliphatic carbocycles. The van der Waals surface area contributed by atoms with Gasteiger partial charge in [-0.2, -0.15) is 5.10 Å². The molecule has 3 heterocycles. The third-order valence-electron chi connectivity index (χ3n) is 4.39. The highest BCUT2D eigenvalue weighted by Crippen LogP contribution is 2.24. The van der Waals surface area contributed by atoms with Gasteiger partial charge in [-0.3, -0.25) is 14.9 Å². The van der Waals surface area contributed by atoms with Gasteiger partial charge in [-0.05, 0) is 26.0 Å². The van der Waals surface area contributed by atoms with Gasteiger partial charge in [-0.15, -0.1) is 0 Å². The van der Waals surface area contributed by atoms with Crippen molar-refractivity contribution in [1.29, 1.82) is 0 Å². The first-order valence-electron chi connectivity index (χ1n) is 8.09. The number of esters is 1. The summed E-state index contributed by atoms with van der Waals surface area (Å²) in [6, 6.07) is 3.63. The normalized spacial score (nSPS) is 17.8. The van der Waals surface area contributed by atoms with Gasteiger partial charge in [0.15, 0.2) is 5.82 Å². The van der Waals surface area contributed by atoms with E-state index in [2.05, 4.69) is 36.6 Å². The first kappa shape index (κ1) is 16.7. The van der Waals surface area contributed by atoms with Crippen LogP contribution in [0.25, 0.3) is 0 Å². The summed E-state index contributed by atoms with van der Waals surface area (Å²) in [7, 11) is 1.35. The molecule has 0 unspecified atom stereocenters. The molecule has 8 nitrogen and oxygen atoms in total. The summed E-state index contributed by atoms with van der Waals surface area (Å²) in [5.41, 5.74) is 0. The highest BCUT2D eigenvalue weighted by atomic mass is 16.5. The number of furan rings is 1. The molecule has 3 rings (SSSR count). The number of piperazine rings is 1. The summed E-state index contributed by atoms with van der Waals surface area (Å²) in [4.78, 5) is 20.5. The number of carbonyl (C=O) groups is 1. The fraction of sp³-hybridized carbons (Fsp3) is 0.562. The van der Waals surface area contributed by atoms with Gasteiger partial charge in [0.1, 0.15) is 11.6 Å². The number of H-pyrrole nitrogens is 1. The fourth-order valence-corrected chi connectivity index (χ4v) is 2.94. The zero-order valence-corrected chi connectivity index (χ0v) is 14.3. The van der Waals surface area contributed by atoms with Gasteiger partial charge in [0, 0.05) is 26.2 Å². The number of aromatic nitrogens is 3. The van der Waals surface area contributed by atoms with Crippen LogP contribution in [-0.4, -0.2) is 64.2 Å². The molecular formula is C16H23N5O3. The van der Waals surface area contributed by atoms with E-state index in [-0.39, 0.29) is 11.8 Å². The number of nitrogens with zero attached hydrogens (tertiary/aromatic N) is 4. The second-order valence-electron chi connectivity index (χ2n) is 6.02. The number of carbonyl (C=O) groups excluding carboxylic acids is 1. The van der Waals surface area contributed by atoms with Crippen molar-refractivity contribution in [3.63, 3.8) is 0 Å². The Morgan fingerprint density at radius 3 is 2.75 bits per heavy atom. The summed E-state index contributed by atoms with van der Waals surface area (Å²) in [5.74, 6) is 2.27. The minimum atomic E-state index is -0.444. The van der Waals surface area contributed by atoms with E-state index in [0.717, 1.165) is 50.1 Å². The number of ether oxygens (including phenoxy) is 1. The standard InChI is InChI=1S/C16H23N5O3/c1-11(13-4-5-14(24-13)16(22)23-3)21-8-6-20(7-9-21)10-15-17-12(2)18-19-15/h4-5,11H,6-10H2,1-3H3,(H,17,18,19)/t11-/m1/s1. The molecule has 0 saturated carbocycles. The number of aryl methyl sites for hydroxylation is 1. The monoisotopic (exact) mass is 333 g/mol. The predicted octanol–water partition coefficient (Wildman–Crippen LogP) is 1.37. The van der Waals surface area contributed by atoms with Gasteiger partial charge in [-0.1, -0.05) is 0 Å². The molecule has 0 amide bonds. The van der Waals surface area contributed by atoms with Crippen molar-refractivity contribution in [3.8, 4) is 0 Å². The fourth-order valence-electron chi connectivity index (χ4n) is 2.94. The predicted molar refractivity (Wildman–Crippen MR) is 86.4 cm³/mol. The van der Waals surface area contributed by atoms with Crippen LogP contribution in [0.1, 0.15) is 40.9 Å². The van der Waals surface area contributed by atoms with E-state index in [1.807, 2.05) is 13.0 Å². The molecule has 0 radical (unpaired) electrons. The third-order valence-corrected chi connectivity index (χ3v) is 4.39. The van der Waals surface area contributed by atoms with E-state index in [0.29, 0.717) is 0 Å². The molecule has 1 saturated heterocycles. The number of hydrogen-bond acceptors (Lipinski definition) is 7. The quantitative estimate of drug-likeness (QED) is 0.827. The number of hydrogen-bond donors (Lipinski definition) is 1. The Kier molecular flexibility index (Phi) is 4.96. The van der Waals surface area contributed by atoms with Crippen molar-refractivity contribution < 1.29 is 13.9 Å². The van der Waals surface area contributed by atoms with Crippen LogP contribution in [0.4, 0.5) is 0 Å². The number of nitrogens with one attached hydrogen (secondary N) is 1. The van der Waals surface area contributed by atoms with E-state index >= 15 is 0 Å². The van der Waals surface area contributed by atoms with Gasteiger partial charge in [0.05, 0.1) is 19.7 Å². The average Bonchev–Trinajstić information content (AvgIpc) is 3.23. The third kappa shape index (κ3) is 3.65. The molecule has 8 heteroatoms. The molecule has 2 aromatic heterocycles. The van der Waals surface area contributed by atoms with Crippen molar-refractivity contribution >= 4 is 5.97 Å². The lowest BCUT2D eigenvalue weighted by molar-refractivity contribution is 0.0551. The molecule has 0 bridgehead atoms. The lowest BCUT2D eigenvalue weighted by Crippen LogP contribution is -2.46. The van der Waals surface area contributed by atoms with Crippen molar-refractivity contribution in [1.82, 2.24) is 25.0 Å². The lowest BCUT2D eigenvalue weighted by Gasteiger charge is -2.36.